The molecule has 1 aliphatic rings. The van der Waals surface area contributed by atoms with Crippen molar-refractivity contribution in [2.45, 2.75) is 18.9 Å². The molecule has 1 amide bonds. The van der Waals surface area contributed by atoms with E-state index in [1.54, 1.807) is 24.4 Å². The summed E-state index contributed by atoms with van der Waals surface area (Å²) in [5.41, 5.74) is 1.04. The molecule has 166 valence electrons. The number of hydrogen-bond acceptors (Lipinski definition) is 5. The summed E-state index contributed by atoms with van der Waals surface area (Å²) in [6.07, 6.45) is 3.99. The Morgan fingerprint density at radius 2 is 1.81 bits per heavy atom. The van der Waals surface area contributed by atoms with Gasteiger partial charge in [0.1, 0.15) is 11.5 Å². The van der Waals surface area contributed by atoms with Crippen molar-refractivity contribution in [3.05, 3.63) is 83.5 Å². The quantitative estimate of drug-likeness (QED) is 0.503. The predicted octanol–water partition coefficient (Wildman–Crippen LogP) is 4.86. The monoisotopic (exact) mass is 451 g/mol. The first-order chi connectivity index (χ1) is 15.7. The Morgan fingerprint density at radius 3 is 2.59 bits per heavy atom. The smallest absolute Gasteiger partial charge is 0.258 e. The second-order valence-electron chi connectivity index (χ2n) is 7.62. The zero-order valence-corrected chi connectivity index (χ0v) is 18.5. The maximum absolute atomic E-state index is 12.5. The number of amides is 1. The highest BCUT2D eigenvalue weighted by atomic mass is 35.5. The second kappa shape index (κ2) is 11.0. The number of ether oxygens (including phenoxy) is 2. The van der Waals surface area contributed by atoms with Gasteiger partial charge in [0.05, 0.1) is 6.04 Å². The average molecular weight is 452 g/mol. The molecular weight excluding hydrogens is 426 g/mol. The molecule has 4 rings (SSSR count). The van der Waals surface area contributed by atoms with Gasteiger partial charge in [-0.2, -0.15) is 0 Å². The number of nitrogens with one attached hydrogen (secondary N) is 1. The van der Waals surface area contributed by atoms with Gasteiger partial charge in [-0.05, 0) is 55.8 Å². The van der Waals surface area contributed by atoms with Gasteiger partial charge in [-0.3, -0.25) is 9.69 Å². The molecule has 0 saturated carbocycles. The van der Waals surface area contributed by atoms with Crippen LogP contribution in [0, 0.1) is 0 Å². The fourth-order valence-electron chi connectivity index (χ4n) is 3.80. The van der Waals surface area contributed by atoms with E-state index < -0.39 is 0 Å². The van der Waals surface area contributed by atoms with Crippen molar-refractivity contribution < 1.29 is 14.3 Å². The molecule has 0 unspecified atom stereocenters. The first kappa shape index (κ1) is 22.1. The van der Waals surface area contributed by atoms with Crippen LogP contribution in [0.3, 0.4) is 0 Å². The summed E-state index contributed by atoms with van der Waals surface area (Å²) >= 11 is 6.45. The molecule has 2 heterocycles. The molecule has 1 fully saturated rings. The van der Waals surface area contributed by atoms with E-state index in [2.05, 4.69) is 15.2 Å². The third kappa shape index (κ3) is 5.99. The van der Waals surface area contributed by atoms with Gasteiger partial charge in [0.25, 0.3) is 5.91 Å². The summed E-state index contributed by atoms with van der Waals surface area (Å²) < 4.78 is 11.4. The first-order valence-electron chi connectivity index (χ1n) is 10.8. The summed E-state index contributed by atoms with van der Waals surface area (Å²) in [6, 6.07) is 20.5. The van der Waals surface area contributed by atoms with E-state index in [9.17, 15) is 4.79 Å². The maximum atomic E-state index is 12.5. The van der Waals surface area contributed by atoms with E-state index in [1.165, 1.54) is 0 Å². The Labute approximate surface area is 193 Å². The molecule has 7 heteroatoms. The average Bonchev–Trinajstić information content (AvgIpc) is 3.35. The zero-order valence-electron chi connectivity index (χ0n) is 17.7. The van der Waals surface area contributed by atoms with Crippen molar-refractivity contribution in [2.75, 3.05) is 26.2 Å². The SMILES string of the molecule is O=C(COc1cccc(Oc2ccccn2)c1)NC[C@@H](c1ccccc1Cl)N1CCCC1. The van der Waals surface area contributed by atoms with Crippen molar-refractivity contribution in [2.24, 2.45) is 0 Å². The number of hydrogen-bond donors (Lipinski definition) is 1. The van der Waals surface area contributed by atoms with E-state index in [-0.39, 0.29) is 18.6 Å². The van der Waals surface area contributed by atoms with Crippen LogP contribution in [-0.2, 0) is 4.79 Å². The molecular formula is C25H26ClN3O3. The molecule has 0 aliphatic carbocycles. The number of nitrogens with zero attached hydrogens (tertiary/aromatic N) is 2. The van der Waals surface area contributed by atoms with Crippen LogP contribution in [0.2, 0.25) is 5.02 Å². The third-order valence-electron chi connectivity index (χ3n) is 5.37. The predicted molar refractivity (Wildman–Crippen MR) is 124 cm³/mol. The Balaban J connectivity index is 1.32. The fourth-order valence-corrected chi connectivity index (χ4v) is 4.06. The number of benzene rings is 2. The topological polar surface area (TPSA) is 63.7 Å². The third-order valence-corrected chi connectivity index (χ3v) is 5.72. The molecule has 1 N–H and O–H groups in total. The van der Waals surface area contributed by atoms with Crippen LogP contribution < -0.4 is 14.8 Å². The highest BCUT2D eigenvalue weighted by Crippen LogP contribution is 2.29. The van der Waals surface area contributed by atoms with Gasteiger partial charge in [0.15, 0.2) is 6.61 Å². The summed E-state index contributed by atoms with van der Waals surface area (Å²) in [5.74, 6) is 1.46. The van der Waals surface area contributed by atoms with Crippen LogP contribution in [0.4, 0.5) is 0 Å². The first-order valence-corrected chi connectivity index (χ1v) is 11.1. The Kier molecular flexibility index (Phi) is 7.59. The zero-order chi connectivity index (χ0) is 22.2. The van der Waals surface area contributed by atoms with Crippen molar-refractivity contribution in [3.63, 3.8) is 0 Å². The van der Waals surface area contributed by atoms with Crippen molar-refractivity contribution in [1.82, 2.24) is 15.2 Å². The Hall–Kier alpha value is -3.09. The highest BCUT2D eigenvalue weighted by molar-refractivity contribution is 6.31. The van der Waals surface area contributed by atoms with E-state index in [1.807, 2.05) is 48.5 Å². The van der Waals surface area contributed by atoms with E-state index in [0.29, 0.717) is 23.9 Å². The molecule has 1 saturated heterocycles. The molecule has 0 spiro atoms. The minimum Gasteiger partial charge on any atom is -0.484 e. The number of aromatic nitrogens is 1. The van der Waals surface area contributed by atoms with E-state index in [4.69, 9.17) is 21.1 Å². The lowest BCUT2D eigenvalue weighted by molar-refractivity contribution is -0.123. The minimum atomic E-state index is -0.183. The van der Waals surface area contributed by atoms with Gasteiger partial charge in [0, 0.05) is 29.9 Å². The van der Waals surface area contributed by atoms with Crippen molar-refractivity contribution >= 4 is 17.5 Å². The van der Waals surface area contributed by atoms with Crippen LogP contribution in [0.25, 0.3) is 0 Å². The highest BCUT2D eigenvalue weighted by Gasteiger charge is 2.25. The molecule has 0 radical (unpaired) electrons. The second-order valence-corrected chi connectivity index (χ2v) is 8.03. The molecule has 1 atom stereocenters. The standard InChI is InChI=1S/C25H26ClN3O3/c26-22-11-2-1-10-21(22)23(29-14-5-6-15-29)17-28-24(30)18-31-19-8-7-9-20(16-19)32-25-12-3-4-13-27-25/h1-4,7-13,16,23H,5-6,14-15,17-18H2,(H,28,30)/t23-/m0/s1. The van der Waals surface area contributed by atoms with E-state index >= 15 is 0 Å². The van der Waals surface area contributed by atoms with Gasteiger partial charge in [0.2, 0.25) is 5.88 Å². The van der Waals surface area contributed by atoms with E-state index in [0.717, 1.165) is 36.5 Å². The number of halogens is 1. The summed E-state index contributed by atoms with van der Waals surface area (Å²) in [7, 11) is 0. The Bertz CT molecular complexity index is 1030. The molecule has 3 aromatic rings. The number of carbonyl (C=O) groups is 1. The van der Waals surface area contributed by atoms with Gasteiger partial charge < -0.3 is 14.8 Å². The fraction of sp³-hybridized carbons (Fsp3) is 0.280. The van der Waals surface area contributed by atoms with Crippen LogP contribution >= 0.6 is 11.6 Å². The van der Waals surface area contributed by atoms with Gasteiger partial charge in [-0.1, -0.05) is 41.9 Å². The van der Waals surface area contributed by atoms with Crippen LogP contribution in [0.1, 0.15) is 24.4 Å². The normalized spacial score (nSPS) is 14.7. The number of pyridine rings is 1. The van der Waals surface area contributed by atoms with Crippen molar-refractivity contribution in [3.8, 4) is 17.4 Å². The van der Waals surface area contributed by atoms with Gasteiger partial charge >= 0.3 is 0 Å². The minimum absolute atomic E-state index is 0.0465. The van der Waals surface area contributed by atoms with Gasteiger partial charge in [-0.25, -0.2) is 4.98 Å². The number of likely N-dealkylation sites (tertiary alicyclic amines) is 1. The Morgan fingerprint density at radius 1 is 1.03 bits per heavy atom. The van der Waals surface area contributed by atoms with Crippen LogP contribution in [0.15, 0.2) is 72.9 Å². The summed E-state index contributed by atoms with van der Waals surface area (Å²) in [4.78, 5) is 19.0. The molecule has 2 aromatic carbocycles. The molecule has 1 aliphatic heterocycles. The molecule has 0 bridgehead atoms. The number of carbonyl (C=O) groups excluding carboxylic acids is 1. The van der Waals surface area contributed by atoms with Crippen LogP contribution in [-0.4, -0.2) is 42.0 Å². The lowest BCUT2D eigenvalue weighted by Gasteiger charge is -2.29. The molecule has 6 nitrogen and oxygen atoms in total. The molecule has 1 aromatic heterocycles. The molecule has 32 heavy (non-hydrogen) atoms. The van der Waals surface area contributed by atoms with Gasteiger partial charge in [-0.15, -0.1) is 0 Å². The maximum Gasteiger partial charge on any atom is 0.258 e. The summed E-state index contributed by atoms with van der Waals surface area (Å²) in [6.45, 7) is 2.41. The summed E-state index contributed by atoms with van der Waals surface area (Å²) in [5, 5.41) is 3.73. The van der Waals surface area contributed by atoms with Crippen LogP contribution in [0.5, 0.6) is 17.4 Å². The van der Waals surface area contributed by atoms with Crippen molar-refractivity contribution in [1.29, 1.82) is 0 Å². The lowest BCUT2D eigenvalue weighted by atomic mass is 10.1. The largest absolute Gasteiger partial charge is 0.484 e. The lowest BCUT2D eigenvalue weighted by Crippen LogP contribution is -2.38. The number of rotatable bonds is 9.